The van der Waals surface area contributed by atoms with Crippen LogP contribution < -0.4 is 5.32 Å². The maximum absolute atomic E-state index is 13.7. The molecule has 0 spiro atoms. The van der Waals surface area contributed by atoms with E-state index >= 15 is 0 Å². The molecule has 0 aromatic carbocycles. The van der Waals surface area contributed by atoms with Gasteiger partial charge >= 0.3 is 0 Å². The summed E-state index contributed by atoms with van der Waals surface area (Å²) >= 11 is 0. The normalized spacial score (nSPS) is 17.2. The number of aliphatic hydroxyl groups is 1. The molecule has 1 fully saturated rings. The van der Waals surface area contributed by atoms with Gasteiger partial charge in [0, 0.05) is 12.0 Å². The summed E-state index contributed by atoms with van der Waals surface area (Å²) in [6.07, 6.45) is 3.89. The van der Waals surface area contributed by atoms with Crippen LogP contribution in [0.3, 0.4) is 0 Å². The first-order valence-corrected chi connectivity index (χ1v) is 5.55. The molecule has 0 radical (unpaired) electrons. The SMILES string of the molecule is CCc1ncnc(NCC2(CO)CC2)c1F. The van der Waals surface area contributed by atoms with Crippen molar-refractivity contribution >= 4 is 5.82 Å². The molecule has 0 aliphatic heterocycles. The van der Waals surface area contributed by atoms with Gasteiger partial charge in [0.25, 0.3) is 0 Å². The highest BCUT2D eigenvalue weighted by molar-refractivity contribution is 5.37. The van der Waals surface area contributed by atoms with Crippen LogP contribution in [-0.4, -0.2) is 28.2 Å². The van der Waals surface area contributed by atoms with E-state index in [0.717, 1.165) is 12.8 Å². The molecule has 2 rings (SSSR count). The minimum atomic E-state index is -0.376. The fourth-order valence-electron chi connectivity index (χ4n) is 1.61. The lowest BCUT2D eigenvalue weighted by Crippen LogP contribution is -2.20. The first-order valence-electron chi connectivity index (χ1n) is 5.55. The van der Waals surface area contributed by atoms with Crippen molar-refractivity contribution in [2.75, 3.05) is 18.5 Å². The predicted octanol–water partition coefficient (Wildman–Crippen LogP) is 1.36. The molecule has 1 heterocycles. The average molecular weight is 225 g/mol. The molecule has 0 amide bonds. The van der Waals surface area contributed by atoms with Crippen LogP contribution in [0.1, 0.15) is 25.5 Å². The number of aliphatic hydroxyl groups excluding tert-OH is 1. The molecule has 0 unspecified atom stereocenters. The van der Waals surface area contributed by atoms with Gasteiger partial charge in [0.05, 0.1) is 12.3 Å². The Morgan fingerprint density at radius 1 is 1.50 bits per heavy atom. The van der Waals surface area contributed by atoms with Gasteiger partial charge in [-0.25, -0.2) is 14.4 Å². The van der Waals surface area contributed by atoms with Gasteiger partial charge in [-0.2, -0.15) is 0 Å². The number of rotatable bonds is 5. The van der Waals surface area contributed by atoms with E-state index in [4.69, 9.17) is 5.11 Å². The van der Waals surface area contributed by atoms with Gasteiger partial charge in [-0.15, -0.1) is 0 Å². The van der Waals surface area contributed by atoms with Crippen molar-refractivity contribution in [3.8, 4) is 0 Å². The van der Waals surface area contributed by atoms with E-state index in [2.05, 4.69) is 15.3 Å². The largest absolute Gasteiger partial charge is 0.396 e. The van der Waals surface area contributed by atoms with Gasteiger partial charge in [0.1, 0.15) is 6.33 Å². The second kappa shape index (κ2) is 4.33. The fourth-order valence-corrected chi connectivity index (χ4v) is 1.61. The number of nitrogens with one attached hydrogen (secondary N) is 1. The van der Waals surface area contributed by atoms with Crippen molar-refractivity contribution < 1.29 is 9.50 Å². The summed E-state index contributed by atoms with van der Waals surface area (Å²) in [5.74, 6) is -0.134. The molecule has 88 valence electrons. The van der Waals surface area contributed by atoms with Gasteiger partial charge in [0.15, 0.2) is 11.6 Å². The Labute approximate surface area is 93.9 Å². The number of aromatic nitrogens is 2. The summed E-state index contributed by atoms with van der Waals surface area (Å²) in [6.45, 7) is 2.57. The van der Waals surface area contributed by atoms with Crippen molar-refractivity contribution in [2.24, 2.45) is 5.41 Å². The summed E-state index contributed by atoms with van der Waals surface area (Å²) in [5.41, 5.74) is 0.371. The van der Waals surface area contributed by atoms with Crippen molar-refractivity contribution in [3.63, 3.8) is 0 Å². The van der Waals surface area contributed by atoms with E-state index in [1.807, 2.05) is 6.92 Å². The van der Waals surface area contributed by atoms with Gasteiger partial charge < -0.3 is 10.4 Å². The smallest absolute Gasteiger partial charge is 0.186 e. The van der Waals surface area contributed by atoms with Gasteiger partial charge in [-0.1, -0.05) is 6.92 Å². The lowest BCUT2D eigenvalue weighted by molar-refractivity contribution is 0.219. The van der Waals surface area contributed by atoms with Crippen molar-refractivity contribution in [3.05, 3.63) is 17.8 Å². The van der Waals surface area contributed by atoms with Crippen molar-refractivity contribution in [1.82, 2.24) is 9.97 Å². The zero-order chi connectivity index (χ0) is 11.6. The second-order valence-corrected chi connectivity index (χ2v) is 4.35. The Balaban J connectivity index is 2.04. The van der Waals surface area contributed by atoms with Crippen LogP contribution in [0, 0.1) is 11.2 Å². The number of anilines is 1. The van der Waals surface area contributed by atoms with E-state index in [1.165, 1.54) is 6.33 Å². The molecule has 2 N–H and O–H groups in total. The summed E-state index contributed by atoms with van der Waals surface area (Å²) in [5, 5.41) is 12.1. The average Bonchev–Trinajstić information content (AvgIpc) is 3.08. The monoisotopic (exact) mass is 225 g/mol. The number of halogens is 1. The Kier molecular flexibility index (Phi) is 3.05. The number of nitrogens with zero attached hydrogens (tertiary/aromatic N) is 2. The van der Waals surface area contributed by atoms with Crippen LogP contribution in [0.5, 0.6) is 0 Å². The topological polar surface area (TPSA) is 58.0 Å². The van der Waals surface area contributed by atoms with Gasteiger partial charge in [0.2, 0.25) is 0 Å². The maximum Gasteiger partial charge on any atom is 0.186 e. The highest BCUT2D eigenvalue weighted by Gasteiger charge is 2.41. The Hall–Kier alpha value is -1.23. The number of hydrogen-bond donors (Lipinski definition) is 2. The second-order valence-electron chi connectivity index (χ2n) is 4.35. The van der Waals surface area contributed by atoms with Gasteiger partial charge in [-0.05, 0) is 19.3 Å². The summed E-state index contributed by atoms with van der Waals surface area (Å²) < 4.78 is 13.7. The molecule has 1 aliphatic carbocycles. The summed E-state index contributed by atoms with van der Waals surface area (Å²) in [6, 6.07) is 0. The fraction of sp³-hybridized carbons (Fsp3) is 0.636. The zero-order valence-electron chi connectivity index (χ0n) is 9.33. The highest BCUT2D eigenvalue weighted by atomic mass is 19.1. The molecule has 16 heavy (non-hydrogen) atoms. The quantitative estimate of drug-likeness (QED) is 0.794. The Bertz CT molecular complexity index is 379. The van der Waals surface area contributed by atoms with Crippen LogP contribution in [0.2, 0.25) is 0 Å². The molecule has 1 aromatic rings. The Morgan fingerprint density at radius 3 is 2.81 bits per heavy atom. The van der Waals surface area contributed by atoms with Crippen LogP contribution >= 0.6 is 0 Å². The third-order valence-electron chi connectivity index (χ3n) is 3.12. The third-order valence-corrected chi connectivity index (χ3v) is 3.12. The van der Waals surface area contributed by atoms with E-state index in [9.17, 15) is 4.39 Å². The van der Waals surface area contributed by atoms with Crippen LogP contribution in [0.25, 0.3) is 0 Å². The number of hydrogen-bond acceptors (Lipinski definition) is 4. The minimum Gasteiger partial charge on any atom is -0.396 e. The summed E-state index contributed by atoms with van der Waals surface area (Å²) in [4.78, 5) is 7.74. The number of aryl methyl sites for hydroxylation is 1. The lowest BCUT2D eigenvalue weighted by Gasteiger charge is -2.14. The summed E-state index contributed by atoms with van der Waals surface area (Å²) in [7, 11) is 0. The standard InChI is InChI=1S/C11H16FN3O/c1-2-8-9(12)10(15-7-14-8)13-5-11(6-16)3-4-11/h7,16H,2-6H2,1H3,(H,13,14,15). The van der Waals surface area contributed by atoms with Crippen LogP contribution in [0.4, 0.5) is 10.2 Å². The Morgan fingerprint density at radius 2 is 2.25 bits per heavy atom. The first kappa shape index (κ1) is 11.3. The minimum absolute atomic E-state index is 0.0518. The van der Waals surface area contributed by atoms with E-state index in [-0.39, 0.29) is 23.7 Å². The maximum atomic E-state index is 13.7. The molecule has 0 bridgehead atoms. The van der Waals surface area contributed by atoms with Crippen LogP contribution in [-0.2, 0) is 6.42 Å². The molecule has 4 nitrogen and oxygen atoms in total. The van der Waals surface area contributed by atoms with Crippen molar-refractivity contribution in [1.29, 1.82) is 0 Å². The first-order chi connectivity index (χ1) is 7.71. The molecule has 0 saturated heterocycles. The molecule has 1 aromatic heterocycles. The molecule has 1 aliphatic rings. The third kappa shape index (κ3) is 2.14. The molecule has 1 saturated carbocycles. The van der Waals surface area contributed by atoms with Gasteiger partial charge in [-0.3, -0.25) is 0 Å². The highest BCUT2D eigenvalue weighted by Crippen LogP contribution is 2.44. The molecule has 5 heteroatoms. The van der Waals surface area contributed by atoms with Crippen LogP contribution in [0.15, 0.2) is 6.33 Å². The van der Waals surface area contributed by atoms with E-state index in [0.29, 0.717) is 18.7 Å². The van der Waals surface area contributed by atoms with E-state index < -0.39 is 0 Å². The zero-order valence-corrected chi connectivity index (χ0v) is 9.33. The van der Waals surface area contributed by atoms with Crippen molar-refractivity contribution in [2.45, 2.75) is 26.2 Å². The molecule has 0 atom stereocenters. The lowest BCUT2D eigenvalue weighted by atomic mass is 10.1. The molecular weight excluding hydrogens is 209 g/mol. The van der Waals surface area contributed by atoms with E-state index in [1.54, 1.807) is 0 Å². The molecular formula is C11H16FN3O. The predicted molar refractivity (Wildman–Crippen MR) is 58.6 cm³/mol.